The summed E-state index contributed by atoms with van der Waals surface area (Å²) in [5, 5.41) is 14.1. The predicted octanol–water partition coefficient (Wildman–Crippen LogP) is 4.60. The van der Waals surface area contributed by atoms with Gasteiger partial charge in [-0.25, -0.2) is 4.98 Å². The number of benzene rings is 2. The van der Waals surface area contributed by atoms with E-state index < -0.39 is 5.60 Å². The summed E-state index contributed by atoms with van der Waals surface area (Å²) in [5.74, 6) is 0. The Morgan fingerprint density at radius 3 is 2.42 bits per heavy atom. The van der Waals surface area contributed by atoms with Gasteiger partial charge in [-0.2, -0.15) is 0 Å². The van der Waals surface area contributed by atoms with E-state index >= 15 is 0 Å². The van der Waals surface area contributed by atoms with E-state index in [2.05, 4.69) is 65.7 Å². The van der Waals surface area contributed by atoms with E-state index in [0.717, 1.165) is 48.7 Å². The Labute approximate surface area is 159 Å². The molecule has 0 unspecified atom stereocenters. The first kappa shape index (κ1) is 17.4. The quantitative estimate of drug-likeness (QED) is 0.735. The van der Waals surface area contributed by atoms with E-state index in [-0.39, 0.29) is 0 Å². The van der Waals surface area contributed by atoms with Gasteiger partial charge in [0.05, 0.1) is 5.69 Å². The average molecular weight is 365 g/mol. The van der Waals surface area contributed by atoms with Crippen LogP contribution in [0.5, 0.6) is 0 Å². The molecule has 26 heavy (non-hydrogen) atoms. The number of aliphatic hydroxyl groups is 1. The van der Waals surface area contributed by atoms with Crippen LogP contribution in [0, 0.1) is 6.92 Å². The largest absolute Gasteiger partial charge is 0.383 e. The van der Waals surface area contributed by atoms with Crippen molar-refractivity contribution in [1.29, 1.82) is 0 Å². The fraction of sp³-hybridized carbons (Fsp3) is 0.318. The van der Waals surface area contributed by atoms with E-state index in [0.29, 0.717) is 0 Å². The molecule has 0 bridgehead atoms. The van der Waals surface area contributed by atoms with Gasteiger partial charge in [0.25, 0.3) is 0 Å². The summed E-state index contributed by atoms with van der Waals surface area (Å²) in [4.78, 5) is 7.18. The van der Waals surface area contributed by atoms with Crippen LogP contribution in [-0.4, -0.2) is 28.1 Å². The molecule has 2 heterocycles. The van der Waals surface area contributed by atoms with E-state index in [4.69, 9.17) is 4.98 Å². The number of piperidine rings is 1. The van der Waals surface area contributed by atoms with Crippen molar-refractivity contribution in [3.05, 3.63) is 76.1 Å². The van der Waals surface area contributed by atoms with Crippen molar-refractivity contribution in [1.82, 2.24) is 9.88 Å². The first-order valence-corrected chi connectivity index (χ1v) is 10.0. The highest BCUT2D eigenvalue weighted by Gasteiger charge is 2.36. The zero-order chi connectivity index (χ0) is 18.0. The molecule has 1 aliphatic heterocycles. The molecule has 4 rings (SSSR count). The molecule has 2 aromatic carbocycles. The number of rotatable bonds is 4. The molecule has 3 aromatic rings. The summed E-state index contributed by atoms with van der Waals surface area (Å²) < 4.78 is 0. The topological polar surface area (TPSA) is 36.4 Å². The van der Waals surface area contributed by atoms with Crippen molar-refractivity contribution < 1.29 is 5.11 Å². The highest BCUT2D eigenvalue weighted by molar-refractivity contribution is 7.10. The van der Waals surface area contributed by atoms with Gasteiger partial charge in [-0.05, 0) is 25.3 Å². The first-order chi connectivity index (χ1) is 12.6. The Morgan fingerprint density at radius 1 is 1.04 bits per heavy atom. The van der Waals surface area contributed by atoms with Crippen molar-refractivity contribution in [2.24, 2.45) is 0 Å². The van der Waals surface area contributed by atoms with Crippen molar-refractivity contribution in [3.8, 4) is 11.3 Å². The zero-order valence-electron chi connectivity index (χ0n) is 15.1. The maximum absolute atomic E-state index is 11.2. The lowest BCUT2D eigenvalue weighted by Gasteiger charge is -2.37. The Kier molecular flexibility index (Phi) is 4.90. The third kappa shape index (κ3) is 3.73. The highest BCUT2D eigenvalue weighted by atomic mass is 32.1. The molecule has 0 aliphatic carbocycles. The van der Waals surface area contributed by atoms with Gasteiger partial charge in [0.2, 0.25) is 0 Å². The SMILES string of the molecule is Cc1ccc(-c2csc(C3(O)CCN(Cc4ccccc4)CC3)n2)cc1. The van der Waals surface area contributed by atoms with Crippen LogP contribution in [0.4, 0.5) is 0 Å². The lowest BCUT2D eigenvalue weighted by molar-refractivity contribution is -0.0278. The van der Waals surface area contributed by atoms with Crippen LogP contribution in [0.2, 0.25) is 0 Å². The minimum absolute atomic E-state index is 0.737. The standard InChI is InChI=1S/C22H24N2OS/c1-17-7-9-19(10-8-17)20-16-26-21(23-20)22(25)11-13-24(14-12-22)15-18-5-3-2-4-6-18/h2-10,16,25H,11-15H2,1H3. The number of thiazole rings is 1. The summed E-state index contributed by atoms with van der Waals surface area (Å²) in [5.41, 5.74) is 3.86. The average Bonchev–Trinajstić information content (AvgIpc) is 3.16. The molecule has 0 spiro atoms. The lowest BCUT2D eigenvalue weighted by Crippen LogP contribution is -2.42. The number of hydrogen-bond donors (Lipinski definition) is 1. The Bertz CT molecular complexity index is 849. The summed E-state index contributed by atoms with van der Waals surface area (Å²) in [6, 6.07) is 18.9. The maximum atomic E-state index is 11.2. The molecule has 1 aliphatic rings. The monoisotopic (exact) mass is 364 g/mol. The fourth-order valence-corrected chi connectivity index (χ4v) is 4.47. The van der Waals surface area contributed by atoms with Gasteiger partial charge in [-0.1, -0.05) is 60.2 Å². The van der Waals surface area contributed by atoms with Crippen LogP contribution in [0.1, 0.15) is 29.0 Å². The third-order valence-corrected chi connectivity index (χ3v) is 6.22. The van der Waals surface area contributed by atoms with Crippen molar-refractivity contribution in [2.75, 3.05) is 13.1 Å². The normalized spacial score (nSPS) is 17.3. The predicted molar refractivity (Wildman–Crippen MR) is 107 cm³/mol. The van der Waals surface area contributed by atoms with Crippen molar-refractivity contribution in [2.45, 2.75) is 31.9 Å². The van der Waals surface area contributed by atoms with Gasteiger partial charge in [-0.3, -0.25) is 4.90 Å². The number of aromatic nitrogens is 1. The molecule has 0 saturated carbocycles. The van der Waals surface area contributed by atoms with Crippen LogP contribution in [0.3, 0.4) is 0 Å². The van der Waals surface area contributed by atoms with Crippen LogP contribution in [0.25, 0.3) is 11.3 Å². The van der Waals surface area contributed by atoms with E-state index in [1.54, 1.807) is 11.3 Å². The van der Waals surface area contributed by atoms with Gasteiger partial charge < -0.3 is 5.11 Å². The first-order valence-electron chi connectivity index (χ1n) is 9.14. The van der Waals surface area contributed by atoms with Crippen LogP contribution < -0.4 is 0 Å². The zero-order valence-corrected chi connectivity index (χ0v) is 15.9. The molecule has 3 nitrogen and oxygen atoms in total. The molecule has 1 N–H and O–H groups in total. The van der Waals surface area contributed by atoms with Crippen LogP contribution in [-0.2, 0) is 12.1 Å². The summed E-state index contributed by atoms with van der Waals surface area (Å²) in [6.45, 7) is 4.82. The minimum atomic E-state index is -0.791. The summed E-state index contributed by atoms with van der Waals surface area (Å²) in [6.07, 6.45) is 1.47. The second-order valence-corrected chi connectivity index (χ2v) is 8.06. The lowest BCUT2D eigenvalue weighted by atomic mass is 9.92. The summed E-state index contributed by atoms with van der Waals surface area (Å²) in [7, 11) is 0. The molecule has 1 saturated heterocycles. The Balaban J connectivity index is 1.43. The van der Waals surface area contributed by atoms with Gasteiger partial charge in [0.15, 0.2) is 0 Å². The second kappa shape index (κ2) is 7.31. The van der Waals surface area contributed by atoms with Gasteiger partial charge in [0, 0.05) is 30.6 Å². The number of likely N-dealkylation sites (tertiary alicyclic amines) is 1. The molecule has 1 aromatic heterocycles. The van der Waals surface area contributed by atoms with Crippen molar-refractivity contribution >= 4 is 11.3 Å². The minimum Gasteiger partial charge on any atom is -0.383 e. The number of nitrogens with zero attached hydrogens (tertiary/aromatic N) is 2. The van der Waals surface area contributed by atoms with Gasteiger partial charge in [0.1, 0.15) is 10.6 Å². The number of aryl methyl sites for hydroxylation is 1. The molecule has 0 amide bonds. The molecule has 1 fully saturated rings. The Morgan fingerprint density at radius 2 is 1.73 bits per heavy atom. The third-order valence-electron chi connectivity index (χ3n) is 5.18. The van der Waals surface area contributed by atoms with E-state index in [1.165, 1.54) is 11.1 Å². The molecule has 4 heteroatoms. The Hall–Kier alpha value is -2.01. The highest BCUT2D eigenvalue weighted by Crippen LogP contribution is 2.36. The second-order valence-electron chi connectivity index (χ2n) is 7.20. The van der Waals surface area contributed by atoms with Crippen LogP contribution in [0.15, 0.2) is 60.0 Å². The maximum Gasteiger partial charge on any atom is 0.125 e. The smallest absolute Gasteiger partial charge is 0.125 e. The van der Waals surface area contributed by atoms with Gasteiger partial charge >= 0.3 is 0 Å². The van der Waals surface area contributed by atoms with Crippen LogP contribution >= 0.6 is 11.3 Å². The van der Waals surface area contributed by atoms with E-state index in [1.807, 2.05) is 6.07 Å². The van der Waals surface area contributed by atoms with E-state index in [9.17, 15) is 5.11 Å². The summed E-state index contributed by atoms with van der Waals surface area (Å²) >= 11 is 1.58. The van der Waals surface area contributed by atoms with Crippen molar-refractivity contribution in [3.63, 3.8) is 0 Å². The molecule has 0 radical (unpaired) electrons. The number of hydrogen-bond acceptors (Lipinski definition) is 4. The van der Waals surface area contributed by atoms with Gasteiger partial charge in [-0.15, -0.1) is 11.3 Å². The molecular weight excluding hydrogens is 340 g/mol. The molecule has 134 valence electrons. The fourth-order valence-electron chi connectivity index (χ4n) is 3.48. The molecular formula is C22H24N2OS. The molecule has 0 atom stereocenters.